The second-order valence-corrected chi connectivity index (χ2v) is 10.3. The van der Waals surface area contributed by atoms with Crippen LogP contribution in [0.25, 0.3) is 0 Å². The molecule has 1 amide bonds. The summed E-state index contributed by atoms with van der Waals surface area (Å²) in [6.45, 7) is 1.89. The Morgan fingerprint density at radius 2 is 2.11 bits per heavy atom. The first-order valence-corrected chi connectivity index (χ1v) is 12.8. The molecule has 5 rings (SSSR count). The van der Waals surface area contributed by atoms with Gasteiger partial charge in [-0.3, -0.25) is 14.0 Å². The average molecular weight is 538 g/mol. The number of thiophene rings is 1. The van der Waals surface area contributed by atoms with E-state index in [1.807, 2.05) is 0 Å². The average Bonchev–Trinajstić information content (AvgIpc) is 3.54. The molecule has 2 aliphatic carbocycles. The van der Waals surface area contributed by atoms with Crippen LogP contribution in [-0.2, 0) is 29.4 Å². The summed E-state index contributed by atoms with van der Waals surface area (Å²) in [7, 11) is 1.55. The number of carbonyl (C=O) groups excluding carboxylic acids is 2. The molecular formula is C23H26F3N7O3S. The zero-order valence-electron chi connectivity index (χ0n) is 20.2. The molecule has 198 valence electrons. The van der Waals surface area contributed by atoms with Crippen LogP contribution >= 0.6 is 11.3 Å². The van der Waals surface area contributed by atoms with Crippen LogP contribution in [0.15, 0.2) is 12.4 Å². The molecule has 37 heavy (non-hydrogen) atoms. The smallest absolute Gasteiger partial charge is 0.341 e. The Bertz CT molecular complexity index is 1310. The van der Waals surface area contributed by atoms with Gasteiger partial charge in [0.2, 0.25) is 11.9 Å². The lowest BCUT2D eigenvalue weighted by atomic mass is 9.83. The number of fused-ring (bicyclic) bond motifs is 1. The van der Waals surface area contributed by atoms with E-state index in [-0.39, 0.29) is 37.1 Å². The van der Waals surface area contributed by atoms with Gasteiger partial charge in [-0.1, -0.05) is 0 Å². The van der Waals surface area contributed by atoms with Crippen LogP contribution < -0.4 is 10.6 Å². The van der Waals surface area contributed by atoms with E-state index in [1.54, 1.807) is 24.9 Å². The second-order valence-electron chi connectivity index (χ2n) is 9.15. The number of hydrogen-bond donors (Lipinski definition) is 2. The molecule has 1 fully saturated rings. The summed E-state index contributed by atoms with van der Waals surface area (Å²) in [6.07, 6.45) is 0.0557. The molecule has 14 heteroatoms. The standard InChI is InChI=1S/C23H26F3N7O3S/c1-3-36-22(35)18-14-8-13(4-5-16(14)37-21(18)29-20(34)11-6-12(24)7-11)33-10-27-30-23(33)28-17-9-15(19(25)26)31-32(17)2/h9-13,19H,3-8H2,1-2H3,(H,28,30)(H,29,34)/t11?,12?,13-/m0/s1. The highest BCUT2D eigenvalue weighted by atomic mass is 32.1. The molecule has 10 nitrogen and oxygen atoms in total. The van der Waals surface area contributed by atoms with E-state index in [4.69, 9.17) is 4.74 Å². The van der Waals surface area contributed by atoms with Gasteiger partial charge in [0.15, 0.2) is 0 Å². The SMILES string of the molecule is CCOC(=O)c1c(NC(=O)C2CC(F)C2)sc2c1C[C@@H](n1cnnc1Nc1cc(C(F)F)nn1C)CC2. The van der Waals surface area contributed by atoms with Gasteiger partial charge < -0.3 is 15.4 Å². The van der Waals surface area contributed by atoms with Gasteiger partial charge in [0.05, 0.1) is 12.2 Å². The minimum Gasteiger partial charge on any atom is -0.462 e. The fourth-order valence-electron chi connectivity index (χ4n) is 4.71. The number of alkyl halides is 3. The molecule has 0 radical (unpaired) electrons. The molecular weight excluding hydrogens is 511 g/mol. The summed E-state index contributed by atoms with van der Waals surface area (Å²) >= 11 is 1.35. The summed E-state index contributed by atoms with van der Waals surface area (Å²) in [5.74, 6) is -0.534. The Morgan fingerprint density at radius 1 is 1.32 bits per heavy atom. The Labute approximate surface area is 214 Å². The summed E-state index contributed by atoms with van der Waals surface area (Å²) in [5, 5.41) is 18.2. The number of rotatable bonds is 8. The van der Waals surface area contributed by atoms with Gasteiger partial charge in [0.25, 0.3) is 6.43 Å². The number of aromatic nitrogens is 5. The maximum absolute atomic E-state index is 13.3. The van der Waals surface area contributed by atoms with Gasteiger partial charge in [-0.25, -0.2) is 18.0 Å². The number of esters is 1. The van der Waals surface area contributed by atoms with Crippen molar-refractivity contribution in [1.82, 2.24) is 24.5 Å². The normalized spacial score (nSPS) is 20.9. The molecule has 0 unspecified atom stereocenters. The molecule has 3 aromatic heterocycles. The van der Waals surface area contributed by atoms with Crippen LogP contribution in [0.5, 0.6) is 0 Å². The van der Waals surface area contributed by atoms with Crippen molar-refractivity contribution in [2.24, 2.45) is 13.0 Å². The lowest BCUT2D eigenvalue weighted by molar-refractivity contribution is -0.124. The first-order chi connectivity index (χ1) is 17.7. The van der Waals surface area contributed by atoms with Gasteiger partial charge in [-0.05, 0) is 44.6 Å². The monoisotopic (exact) mass is 537 g/mol. The molecule has 0 aliphatic heterocycles. The zero-order chi connectivity index (χ0) is 26.3. The summed E-state index contributed by atoms with van der Waals surface area (Å²) in [4.78, 5) is 26.5. The topological polar surface area (TPSA) is 116 Å². The minimum atomic E-state index is -2.70. The maximum Gasteiger partial charge on any atom is 0.341 e. The van der Waals surface area contributed by atoms with Crippen molar-refractivity contribution >= 4 is 40.0 Å². The highest BCUT2D eigenvalue weighted by molar-refractivity contribution is 7.17. The third-order valence-corrected chi connectivity index (χ3v) is 7.94. The van der Waals surface area contributed by atoms with E-state index < -0.39 is 24.5 Å². The van der Waals surface area contributed by atoms with Gasteiger partial charge in [0, 0.05) is 30.0 Å². The first-order valence-electron chi connectivity index (χ1n) is 12.0. The molecule has 0 saturated heterocycles. The number of carbonyl (C=O) groups is 2. The van der Waals surface area contributed by atoms with E-state index in [0.29, 0.717) is 41.6 Å². The molecule has 3 aromatic rings. The van der Waals surface area contributed by atoms with E-state index in [2.05, 4.69) is 25.9 Å². The van der Waals surface area contributed by atoms with Gasteiger partial charge in [-0.2, -0.15) is 5.10 Å². The molecule has 0 bridgehead atoms. The Kier molecular flexibility index (Phi) is 6.92. The van der Waals surface area contributed by atoms with Crippen LogP contribution in [0, 0.1) is 5.92 Å². The highest BCUT2D eigenvalue weighted by Gasteiger charge is 2.37. The third kappa shape index (κ3) is 4.93. The molecule has 0 aromatic carbocycles. The Balaban J connectivity index is 1.40. The molecule has 0 spiro atoms. The van der Waals surface area contributed by atoms with Crippen molar-refractivity contribution in [2.45, 2.75) is 57.7 Å². The van der Waals surface area contributed by atoms with Gasteiger partial charge in [0.1, 0.15) is 29.0 Å². The fourth-order valence-corrected chi connectivity index (χ4v) is 5.95. The van der Waals surface area contributed by atoms with Crippen molar-refractivity contribution in [1.29, 1.82) is 0 Å². The van der Waals surface area contributed by atoms with Crippen molar-refractivity contribution in [2.75, 3.05) is 17.2 Å². The van der Waals surface area contributed by atoms with Crippen molar-refractivity contribution in [3.05, 3.63) is 34.1 Å². The molecule has 2 N–H and O–H groups in total. The maximum atomic E-state index is 13.3. The van der Waals surface area contributed by atoms with Crippen molar-refractivity contribution in [3.8, 4) is 0 Å². The number of nitrogens with one attached hydrogen (secondary N) is 2. The second kappa shape index (κ2) is 10.1. The van der Waals surface area contributed by atoms with Crippen LogP contribution in [-0.4, -0.2) is 49.2 Å². The van der Waals surface area contributed by atoms with Gasteiger partial charge >= 0.3 is 5.97 Å². The number of aryl methyl sites for hydroxylation is 2. The van der Waals surface area contributed by atoms with E-state index in [0.717, 1.165) is 10.4 Å². The summed E-state index contributed by atoms with van der Waals surface area (Å²) in [5.41, 5.74) is 0.758. The van der Waals surface area contributed by atoms with E-state index in [9.17, 15) is 22.8 Å². The minimum absolute atomic E-state index is 0.141. The van der Waals surface area contributed by atoms with Crippen LogP contribution in [0.4, 0.5) is 29.9 Å². The van der Waals surface area contributed by atoms with Crippen LogP contribution in [0.3, 0.4) is 0 Å². The lowest BCUT2D eigenvalue weighted by Gasteiger charge is -2.28. The van der Waals surface area contributed by atoms with E-state index in [1.165, 1.54) is 22.1 Å². The van der Waals surface area contributed by atoms with Crippen molar-refractivity contribution in [3.63, 3.8) is 0 Å². The number of nitrogens with zero attached hydrogens (tertiary/aromatic N) is 5. The summed E-state index contributed by atoms with van der Waals surface area (Å²) < 4.78 is 47.8. The summed E-state index contributed by atoms with van der Waals surface area (Å²) in [6, 6.07) is 1.11. The number of hydrogen-bond acceptors (Lipinski definition) is 8. The molecule has 3 heterocycles. The fraction of sp³-hybridized carbons (Fsp3) is 0.522. The Morgan fingerprint density at radius 3 is 2.78 bits per heavy atom. The quantitative estimate of drug-likeness (QED) is 0.411. The van der Waals surface area contributed by atoms with Crippen LogP contribution in [0.2, 0.25) is 0 Å². The number of amides is 1. The van der Waals surface area contributed by atoms with Crippen molar-refractivity contribution < 1.29 is 27.5 Å². The van der Waals surface area contributed by atoms with Gasteiger partial charge in [-0.15, -0.1) is 21.5 Å². The largest absolute Gasteiger partial charge is 0.462 e. The van der Waals surface area contributed by atoms with E-state index >= 15 is 0 Å². The highest BCUT2D eigenvalue weighted by Crippen LogP contribution is 2.43. The predicted octanol–water partition coefficient (Wildman–Crippen LogP) is 4.35. The number of ether oxygens (including phenoxy) is 1. The number of halogens is 3. The Hall–Kier alpha value is -3.42. The first kappa shape index (κ1) is 25.2. The number of anilines is 3. The zero-order valence-corrected chi connectivity index (χ0v) is 21.0. The molecule has 2 aliphatic rings. The predicted molar refractivity (Wildman–Crippen MR) is 129 cm³/mol. The molecule has 1 saturated carbocycles. The van der Waals surface area contributed by atoms with Crippen LogP contribution in [0.1, 0.15) is 65.1 Å². The third-order valence-electron chi connectivity index (χ3n) is 6.73. The lowest BCUT2D eigenvalue weighted by Crippen LogP contribution is -2.35. The molecule has 1 atom stereocenters.